The highest BCUT2D eigenvalue weighted by molar-refractivity contribution is 5.84. The van der Waals surface area contributed by atoms with Gasteiger partial charge in [-0.2, -0.15) is 0 Å². The molecule has 1 N–H and O–H groups in total. The molecule has 2 aromatic rings. The Labute approximate surface area is 131 Å². The minimum Gasteiger partial charge on any atom is -0.358 e. The van der Waals surface area contributed by atoms with Crippen LogP contribution in [-0.4, -0.2) is 48.5 Å². The summed E-state index contributed by atoms with van der Waals surface area (Å²) in [5.41, 5.74) is 4.02. The van der Waals surface area contributed by atoms with Crippen molar-refractivity contribution in [1.29, 1.82) is 0 Å². The van der Waals surface area contributed by atoms with Gasteiger partial charge in [0.25, 0.3) is 0 Å². The molecule has 4 nitrogen and oxygen atoms in total. The monoisotopic (exact) mass is 300 g/mol. The van der Waals surface area contributed by atoms with Crippen LogP contribution < -0.4 is 0 Å². The van der Waals surface area contributed by atoms with Crippen LogP contribution >= 0.6 is 0 Å². The fourth-order valence-electron chi connectivity index (χ4n) is 3.83. The average molecular weight is 300 g/mol. The Kier molecular flexibility index (Phi) is 3.68. The summed E-state index contributed by atoms with van der Waals surface area (Å²) in [6.45, 7) is 6.95. The predicted octanol–water partition coefficient (Wildman–Crippen LogP) is 2.86. The number of para-hydroxylation sites is 1. The van der Waals surface area contributed by atoms with E-state index in [2.05, 4.69) is 41.1 Å². The Morgan fingerprint density at radius 3 is 2.64 bits per heavy atom. The lowest BCUT2D eigenvalue weighted by atomic mass is 10.0. The topological polar surface area (TPSA) is 37.5 Å². The normalized spacial score (nSPS) is 21.9. The number of aryl methyl sites for hydroxylation is 1. The lowest BCUT2D eigenvalue weighted by Gasteiger charge is -2.37. The number of H-pyrrole nitrogens is 1. The van der Waals surface area contributed by atoms with Crippen LogP contribution in [0.15, 0.2) is 24.3 Å². The van der Waals surface area contributed by atoms with Crippen LogP contribution in [-0.2, 0) is 15.9 Å². The maximum Gasteiger partial charge on any atom is 0.170 e. The number of rotatable bonds is 3. The fourth-order valence-corrected chi connectivity index (χ4v) is 3.83. The van der Waals surface area contributed by atoms with Crippen LogP contribution in [0.4, 0.5) is 0 Å². The number of hydrogen-bond donors (Lipinski definition) is 1. The van der Waals surface area contributed by atoms with Gasteiger partial charge in [-0.25, -0.2) is 0 Å². The highest BCUT2D eigenvalue weighted by Gasteiger charge is 2.39. The molecule has 3 heterocycles. The van der Waals surface area contributed by atoms with E-state index in [0.29, 0.717) is 0 Å². The van der Waals surface area contributed by atoms with Crippen LogP contribution in [0.2, 0.25) is 0 Å². The first-order valence-electron chi connectivity index (χ1n) is 8.32. The summed E-state index contributed by atoms with van der Waals surface area (Å²) in [4.78, 5) is 6.04. The molecular weight excluding hydrogens is 276 g/mol. The molecule has 118 valence electrons. The van der Waals surface area contributed by atoms with Gasteiger partial charge in [0.1, 0.15) is 0 Å². The molecule has 1 aromatic carbocycles. The van der Waals surface area contributed by atoms with Crippen molar-refractivity contribution >= 4 is 10.9 Å². The molecule has 2 aliphatic heterocycles. The molecule has 0 atom stereocenters. The highest BCUT2D eigenvalue weighted by atomic mass is 16.7. The average Bonchev–Trinajstić information content (AvgIpc) is 3.11. The highest BCUT2D eigenvalue weighted by Crippen LogP contribution is 2.31. The lowest BCUT2D eigenvalue weighted by molar-refractivity contribution is -0.185. The molecule has 0 bridgehead atoms. The van der Waals surface area contributed by atoms with Crippen molar-refractivity contribution in [3.8, 4) is 0 Å². The van der Waals surface area contributed by atoms with Gasteiger partial charge < -0.3 is 19.4 Å². The van der Waals surface area contributed by atoms with E-state index in [1.165, 1.54) is 22.2 Å². The van der Waals surface area contributed by atoms with E-state index in [4.69, 9.17) is 9.47 Å². The summed E-state index contributed by atoms with van der Waals surface area (Å²) in [7, 11) is 0. The Balaban J connectivity index is 1.39. The molecule has 4 heteroatoms. The molecule has 1 aromatic heterocycles. The van der Waals surface area contributed by atoms with Gasteiger partial charge in [0.15, 0.2) is 5.79 Å². The number of fused-ring (bicyclic) bond motifs is 1. The van der Waals surface area contributed by atoms with E-state index in [9.17, 15) is 0 Å². The summed E-state index contributed by atoms with van der Waals surface area (Å²) in [5.74, 6) is -0.257. The number of likely N-dealkylation sites (tertiary alicyclic amines) is 1. The van der Waals surface area contributed by atoms with E-state index in [1.54, 1.807) is 0 Å². The molecule has 0 radical (unpaired) electrons. The summed E-state index contributed by atoms with van der Waals surface area (Å²) in [5, 5.41) is 1.37. The Hall–Kier alpha value is -1.36. The number of piperidine rings is 1. The van der Waals surface area contributed by atoms with Gasteiger partial charge in [-0.15, -0.1) is 0 Å². The molecule has 1 spiro atoms. The molecule has 0 amide bonds. The zero-order chi connectivity index (χ0) is 15.0. The minimum absolute atomic E-state index is 0.257. The second-order valence-electron chi connectivity index (χ2n) is 6.47. The third-order valence-corrected chi connectivity index (χ3v) is 5.14. The first-order chi connectivity index (χ1) is 10.8. The van der Waals surface area contributed by atoms with Crippen molar-refractivity contribution in [2.45, 2.75) is 32.0 Å². The molecule has 0 aliphatic carbocycles. The fraction of sp³-hybridized carbons (Fsp3) is 0.556. The van der Waals surface area contributed by atoms with Crippen molar-refractivity contribution in [2.75, 3.05) is 32.8 Å². The van der Waals surface area contributed by atoms with Gasteiger partial charge in [0.2, 0.25) is 0 Å². The van der Waals surface area contributed by atoms with Crippen LogP contribution in [0.5, 0.6) is 0 Å². The van der Waals surface area contributed by atoms with Gasteiger partial charge in [-0.1, -0.05) is 18.2 Å². The van der Waals surface area contributed by atoms with Gasteiger partial charge in [-0.3, -0.25) is 0 Å². The van der Waals surface area contributed by atoms with Crippen molar-refractivity contribution < 1.29 is 9.47 Å². The van der Waals surface area contributed by atoms with Gasteiger partial charge in [0, 0.05) is 49.1 Å². The minimum atomic E-state index is -0.257. The van der Waals surface area contributed by atoms with Crippen molar-refractivity contribution in [1.82, 2.24) is 9.88 Å². The largest absolute Gasteiger partial charge is 0.358 e. The van der Waals surface area contributed by atoms with Crippen LogP contribution in [0, 0.1) is 6.92 Å². The molecular formula is C18H24N2O2. The number of benzene rings is 1. The molecule has 2 fully saturated rings. The lowest BCUT2D eigenvalue weighted by Crippen LogP contribution is -2.45. The third kappa shape index (κ3) is 2.56. The number of aromatic nitrogens is 1. The number of ether oxygens (including phenoxy) is 2. The van der Waals surface area contributed by atoms with Crippen molar-refractivity contribution in [3.63, 3.8) is 0 Å². The van der Waals surface area contributed by atoms with Crippen LogP contribution in [0.3, 0.4) is 0 Å². The second kappa shape index (κ2) is 5.69. The SMILES string of the molecule is Cc1[nH]c2ccccc2c1CCN1CCC2(CC1)OCCO2. The quantitative estimate of drug-likeness (QED) is 0.947. The van der Waals surface area contributed by atoms with E-state index >= 15 is 0 Å². The summed E-state index contributed by atoms with van der Waals surface area (Å²) in [6.07, 6.45) is 3.10. The zero-order valence-corrected chi connectivity index (χ0v) is 13.2. The standard InChI is InChI=1S/C18H24N2O2/c1-14-15(16-4-2-3-5-17(16)19-14)6-9-20-10-7-18(8-11-20)21-12-13-22-18/h2-5,19H,6-13H2,1H3. The number of nitrogens with one attached hydrogen (secondary N) is 1. The zero-order valence-electron chi connectivity index (χ0n) is 13.2. The number of nitrogens with zero attached hydrogens (tertiary/aromatic N) is 1. The van der Waals surface area contributed by atoms with Gasteiger partial charge in [0.05, 0.1) is 13.2 Å². The van der Waals surface area contributed by atoms with Crippen LogP contribution in [0.25, 0.3) is 10.9 Å². The molecule has 2 aliphatic rings. The molecule has 4 rings (SSSR count). The smallest absolute Gasteiger partial charge is 0.170 e. The van der Waals surface area contributed by atoms with Gasteiger partial charge >= 0.3 is 0 Å². The Bertz CT molecular complexity index is 648. The third-order valence-electron chi connectivity index (χ3n) is 5.14. The maximum atomic E-state index is 5.80. The summed E-state index contributed by atoms with van der Waals surface area (Å²) < 4.78 is 11.6. The molecule has 0 unspecified atom stereocenters. The molecule has 22 heavy (non-hydrogen) atoms. The number of hydrogen-bond acceptors (Lipinski definition) is 3. The Morgan fingerprint density at radius 1 is 1.14 bits per heavy atom. The summed E-state index contributed by atoms with van der Waals surface area (Å²) >= 11 is 0. The predicted molar refractivity (Wildman–Crippen MR) is 87.0 cm³/mol. The molecule has 0 saturated carbocycles. The van der Waals surface area contributed by atoms with E-state index in [-0.39, 0.29) is 5.79 Å². The summed E-state index contributed by atoms with van der Waals surface area (Å²) in [6, 6.07) is 8.59. The molecule has 2 saturated heterocycles. The first kappa shape index (κ1) is 14.2. The maximum absolute atomic E-state index is 5.80. The number of aromatic amines is 1. The Morgan fingerprint density at radius 2 is 1.86 bits per heavy atom. The van der Waals surface area contributed by atoms with Crippen LogP contribution in [0.1, 0.15) is 24.1 Å². The van der Waals surface area contributed by atoms with Crippen molar-refractivity contribution in [2.24, 2.45) is 0 Å². The van der Waals surface area contributed by atoms with E-state index in [1.807, 2.05) is 0 Å². The second-order valence-corrected chi connectivity index (χ2v) is 6.47. The van der Waals surface area contributed by atoms with Gasteiger partial charge in [-0.05, 0) is 25.0 Å². The van der Waals surface area contributed by atoms with Crippen molar-refractivity contribution in [3.05, 3.63) is 35.5 Å². The first-order valence-corrected chi connectivity index (χ1v) is 8.32. The van der Waals surface area contributed by atoms with E-state index in [0.717, 1.165) is 52.1 Å². The van der Waals surface area contributed by atoms with E-state index < -0.39 is 0 Å².